The van der Waals surface area contributed by atoms with E-state index in [4.69, 9.17) is 15.4 Å². The van der Waals surface area contributed by atoms with E-state index < -0.39 is 9.05 Å². The molecule has 0 unspecified atom stereocenters. The number of rotatable bonds is 4. The first-order valence-electron chi connectivity index (χ1n) is 5.08. The summed E-state index contributed by atoms with van der Waals surface area (Å²) in [6, 6.07) is 13.5. The Kier molecular flexibility index (Phi) is 3.54. The second kappa shape index (κ2) is 4.94. The second-order valence-electron chi connectivity index (χ2n) is 3.60. The molecule has 2 aromatic carbocycles. The van der Waals surface area contributed by atoms with Crippen LogP contribution >= 0.6 is 10.7 Å². The highest BCUT2D eigenvalue weighted by Gasteiger charge is 2.05. The van der Waals surface area contributed by atoms with Crippen molar-refractivity contribution in [3.05, 3.63) is 42.5 Å². The number of halogens is 1. The molecule has 0 N–H and O–H groups in total. The van der Waals surface area contributed by atoms with Crippen molar-refractivity contribution < 1.29 is 13.2 Å². The maximum Gasteiger partial charge on any atom is 0.235 e. The van der Waals surface area contributed by atoms with Gasteiger partial charge in [-0.1, -0.05) is 30.3 Å². The third kappa shape index (κ3) is 3.61. The fourth-order valence-electron chi connectivity index (χ4n) is 1.52. The SMILES string of the molecule is O=S(=O)(Cl)CCOc1ccc2ccccc2c1. The van der Waals surface area contributed by atoms with Gasteiger partial charge in [0.05, 0.1) is 5.75 Å². The van der Waals surface area contributed by atoms with Gasteiger partial charge in [-0.15, -0.1) is 0 Å². The Balaban J connectivity index is 2.09. The van der Waals surface area contributed by atoms with Gasteiger partial charge in [-0.2, -0.15) is 0 Å². The van der Waals surface area contributed by atoms with Crippen LogP contribution in [0.1, 0.15) is 0 Å². The van der Waals surface area contributed by atoms with E-state index in [1.807, 2.05) is 42.5 Å². The number of hydrogen-bond acceptors (Lipinski definition) is 3. The summed E-state index contributed by atoms with van der Waals surface area (Å²) in [5.74, 6) is 0.450. The summed E-state index contributed by atoms with van der Waals surface area (Å²) in [7, 11) is 1.60. The van der Waals surface area contributed by atoms with Crippen molar-refractivity contribution in [2.45, 2.75) is 0 Å². The van der Waals surface area contributed by atoms with E-state index >= 15 is 0 Å². The first kappa shape index (κ1) is 12.2. The van der Waals surface area contributed by atoms with Gasteiger partial charge in [0, 0.05) is 10.7 Å². The van der Waals surface area contributed by atoms with Gasteiger partial charge in [-0.05, 0) is 22.9 Å². The smallest absolute Gasteiger partial charge is 0.235 e. The lowest BCUT2D eigenvalue weighted by molar-refractivity contribution is 0.342. The average Bonchev–Trinajstić information content (AvgIpc) is 2.27. The van der Waals surface area contributed by atoms with E-state index in [0.29, 0.717) is 5.75 Å². The van der Waals surface area contributed by atoms with Crippen LogP contribution in [0.4, 0.5) is 0 Å². The van der Waals surface area contributed by atoms with Gasteiger partial charge < -0.3 is 4.74 Å². The predicted molar refractivity (Wildman–Crippen MR) is 69.1 cm³/mol. The molecule has 0 heterocycles. The lowest BCUT2D eigenvalue weighted by Crippen LogP contribution is -2.08. The van der Waals surface area contributed by atoms with E-state index in [1.165, 1.54) is 0 Å². The summed E-state index contributed by atoms with van der Waals surface area (Å²) in [4.78, 5) is 0. The molecule has 0 aromatic heterocycles. The Morgan fingerprint density at radius 1 is 1.06 bits per heavy atom. The van der Waals surface area contributed by atoms with E-state index in [9.17, 15) is 8.42 Å². The van der Waals surface area contributed by atoms with Crippen LogP contribution in [0.15, 0.2) is 42.5 Å². The Bertz CT molecular complexity index is 622. The zero-order chi connectivity index (χ0) is 12.3. The van der Waals surface area contributed by atoms with Crippen molar-refractivity contribution in [3.8, 4) is 5.75 Å². The maximum absolute atomic E-state index is 10.7. The topological polar surface area (TPSA) is 43.4 Å². The number of benzene rings is 2. The van der Waals surface area contributed by atoms with Crippen molar-refractivity contribution in [1.82, 2.24) is 0 Å². The van der Waals surface area contributed by atoms with Crippen molar-refractivity contribution in [1.29, 1.82) is 0 Å². The molecule has 0 amide bonds. The normalized spacial score (nSPS) is 11.6. The summed E-state index contributed by atoms with van der Waals surface area (Å²) in [6.45, 7) is 0.0597. The number of fused-ring (bicyclic) bond motifs is 1. The monoisotopic (exact) mass is 270 g/mol. The Morgan fingerprint density at radius 2 is 1.76 bits per heavy atom. The summed E-state index contributed by atoms with van der Waals surface area (Å²) in [5, 5.41) is 2.17. The molecule has 0 aliphatic heterocycles. The van der Waals surface area contributed by atoms with E-state index in [-0.39, 0.29) is 12.4 Å². The molecule has 2 rings (SSSR count). The molecule has 0 aliphatic carbocycles. The molecule has 0 fully saturated rings. The highest BCUT2D eigenvalue weighted by molar-refractivity contribution is 8.13. The molecule has 2 aromatic rings. The zero-order valence-electron chi connectivity index (χ0n) is 8.97. The minimum Gasteiger partial charge on any atom is -0.492 e. The van der Waals surface area contributed by atoms with Crippen LogP contribution in [0, 0.1) is 0 Å². The molecule has 5 heteroatoms. The first-order chi connectivity index (χ1) is 8.04. The molecular weight excluding hydrogens is 260 g/mol. The van der Waals surface area contributed by atoms with Gasteiger partial charge in [0.15, 0.2) is 0 Å². The summed E-state index contributed by atoms with van der Waals surface area (Å²) >= 11 is 0. The van der Waals surface area contributed by atoms with E-state index in [1.54, 1.807) is 0 Å². The van der Waals surface area contributed by atoms with Crippen LogP contribution < -0.4 is 4.74 Å². The van der Waals surface area contributed by atoms with Crippen molar-refractivity contribution >= 4 is 30.5 Å². The standard InChI is InChI=1S/C12H11ClO3S/c13-17(14,15)8-7-16-12-6-5-10-3-1-2-4-11(10)9-12/h1-6,9H,7-8H2. The van der Waals surface area contributed by atoms with Crippen LogP contribution in [0.3, 0.4) is 0 Å². The van der Waals surface area contributed by atoms with E-state index in [0.717, 1.165) is 10.8 Å². The third-order valence-electron chi connectivity index (χ3n) is 2.32. The Morgan fingerprint density at radius 3 is 2.47 bits per heavy atom. The summed E-state index contributed by atoms with van der Waals surface area (Å²) in [6.07, 6.45) is 0. The molecule has 0 atom stereocenters. The summed E-state index contributed by atoms with van der Waals surface area (Å²) in [5.41, 5.74) is 0. The van der Waals surface area contributed by atoms with Crippen molar-refractivity contribution in [3.63, 3.8) is 0 Å². The molecule has 0 saturated heterocycles. The third-order valence-corrected chi connectivity index (χ3v) is 3.43. The largest absolute Gasteiger partial charge is 0.492 e. The minimum absolute atomic E-state index is 0.0597. The number of ether oxygens (including phenoxy) is 1. The molecular formula is C12H11ClO3S. The molecule has 0 saturated carbocycles. The van der Waals surface area contributed by atoms with Gasteiger partial charge >= 0.3 is 0 Å². The molecule has 0 radical (unpaired) electrons. The number of hydrogen-bond donors (Lipinski definition) is 0. The van der Waals surface area contributed by atoms with Crippen molar-refractivity contribution in [2.24, 2.45) is 0 Å². The fraction of sp³-hybridized carbons (Fsp3) is 0.167. The highest BCUT2D eigenvalue weighted by atomic mass is 35.7. The Hall–Kier alpha value is -1.26. The predicted octanol–water partition coefficient (Wildman–Crippen LogP) is 2.79. The van der Waals surface area contributed by atoms with Gasteiger partial charge in [-0.25, -0.2) is 8.42 Å². The fourth-order valence-corrected chi connectivity index (χ4v) is 1.99. The summed E-state index contributed by atoms with van der Waals surface area (Å²) < 4.78 is 26.8. The van der Waals surface area contributed by atoms with Gasteiger partial charge in [-0.3, -0.25) is 0 Å². The zero-order valence-corrected chi connectivity index (χ0v) is 10.5. The lowest BCUT2D eigenvalue weighted by Gasteiger charge is -2.05. The lowest BCUT2D eigenvalue weighted by atomic mass is 10.1. The first-order valence-corrected chi connectivity index (χ1v) is 7.56. The molecule has 3 nitrogen and oxygen atoms in total. The molecule has 90 valence electrons. The quantitative estimate of drug-likeness (QED) is 0.803. The van der Waals surface area contributed by atoms with Gasteiger partial charge in [0.1, 0.15) is 12.4 Å². The molecule has 0 aliphatic rings. The van der Waals surface area contributed by atoms with E-state index in [2.05, 4.69) is 0 Å². The van der Waals surface area contributed by atoms with Crippen LogP contribution in [-0.2, 0) is 9.05 Å². The van der Waals surface area contributed by atoms with Crippen LogP contribution in [0.2, 0.25) is 0 Å². The average molecular weight is 271 g/mol. The van der Waals surface area contributed by atoms with Crippen LogP contribution in [-0.4, -0.2) is 20.8 Å². The molecule has 0 bridgehead atoms. The maximum atomic E-state index is 10.7. The minimum atomic E-state index is -3.49. The second-order valence-corrected chi connectivity index (χ2v) is 6.50. The Labute approximate surface area is 104 Å². The van der Waals surface area contributed by atoms with Gasteiger partial charge in [0.2, 0.25) is 9.05 Å². The van der Waals surface area contributed by atoms with Gasteiger partial charge in [0.25, 0.3) is 0 Å². The van der Waals surface area contributed by atoms with Crippen LogP contribution in [0.25, 0.3) is 10.8 Å². The van der Waals surface area contributed by atoms with Crippen molar-refractivity contribution in [2.75, 3.05) is 12.4 Å². The molecule has 0 spiro atoms. The highest BCUT2D eigenvalue weighted by Crippen LogP contribution is 2.20. The van der Waals surface area contributed by atoms with Crippen LogP contribution in [0.5, 0.6) is 5.75 Å². The molecule has 17 heavy (non-hydrogen) atoms.